The first-order valence-corrected chi connectivity index (χ1v) is 10.0. The van der Waals surface area contributed by atoms with Gasteiger partial charge in [-0.05, 0) is 53.9 Å². The van der Waals surface area contributed by atoms with Crippen LogP contribution in [0.15, 0.2) is 78.9 Å². The Hall–Kier alpha value is -3.67. The van der Waals surface area contributed by atoms with Gasteiger partial charge in [0.05, 0.1) is 12.7 Å². The fourth-order valence-corrected chi connectivity index (χ4v) is 3.72. The first-order chi connectivity index (χ1) is 15.1. The molecule has 0 spiro atoms. The minimum atomic E-state index is -0.653. The van der Waals surface area contributed by atoms with E-state index in [-0.39, 0.29) is 17.8 Å². The molecule has 1 aliphatic rings. The molecule has 0 bridgehead atoms. The van der Waals surface area contributed by atoms with Crippen molar-refractivity contribution in [2.24, 2.45) is 0 Å². The Bertz CT molecular complexity index is 1050. The van der Waals surface area contributed by atoms with E-state index in [4.69, 9.17) is 9.47 Å². The third kappa shape index (κ3) is 4.43. The Balaban J connectivity index is 1.55. The highest BCUT2D eigenvalue weighted by Gasteiger charge is 2.49. The molecule has 0 radical (unpaired) electrons. The number of carbonyl (C=O) groups is 2. The molecule has 2 atom stereocenters. The standard InChI is InChI=1S/C25H22FNO4/c1-30-25(29)19-11-9-18(10-12-19)22-23(31-21-5-3-2-4-6-21)24(28)27(22)16-15-17-7-13-20(26)14-8-17/h2-14,22-23H,15-16H2,1H3/t22-,23-/m1/s1. The molecular formula is C25H22FNO4. The van der Waals surface area contributed by atoms with Gasteiger partial charge in [0.1, 0.15) is 17.6 Å². The minimum absolute atomic E-state index is 0.104. The Morgan fingerprint density at radius 2 is 1.65 bits per heavy atom. The number of benzene rings is 3. The Morgan fingerprint density at radius 3 is 2.29 bits per heavy atom. The fraction of sp³-hybridized carbons (Fsp3) is 0.200. The van der Waals surface area contributed by atoms with E-state index < -0.39 is 12.1 Å². The summed E-state index contributed by atoms with van der Waals surface area (Å²) in [4.78, 5) is 26.4. The van der Waals surface area contributed by atoms with Crippen LogP contribution in [-0.2, 0) is 16.0 Å². The lowest BCUT2D eigenvalue weighted by atomic mass is 9.89. The molecule has 0 N–H and O–H groups in total. The molecule has 1 fully saturated rings. The Labute approximate surface area is 180 Å². The molecule has 4 rings (SSSR count). The summed E-state index contributed by atoms with van der Waals surface area (Å²) >= 11 is 0. The zero-order valence-corrected chi connectivity index (χ0v) is 17.0. The second-order valence-corrected chi connectivity index (χ2v) is 7.32. The quantitative estimate of drug-likeness (QED) is 0.426. The summed E-state index contributed by atoms with van der Waals surface area (Å²) in [7, 11) is 1.34. The Morgan fingerprint density at radius 1 is 0.968 bits per heavy atom. The van der Waals surface area contributed by atoms with Crippen molar-refractivity contribution in [3.05, 3.63) is 101 Å². The molecule has 0 aromatic heterocycles. The molecule has 1 heterocycles. The van der Waals surface area contributed by atoms with Gasteiger partial charge in [0.2, 0.25) is 6.10 Å². The molecule has 1 aliphatic heterocycles. The van der Waals surface area contributed by atoms with E-state index in [0.29, 0.717) is 24.3 Å². The van der Waals surface area contributed by atoms with Crippen LogP contribution in [0.1, 0.15) is 27.5 Å². The molecule has 5 nitrogen and oxygen atoms in total. The van der Waals surface area contributed by atoms with E-state index in [0.717, 1.165) is 11.1 Å². The van der Waals surface area contributed by atoms with E-state index >= 15 is 0 Å². The average molecular weight is 419 g/mol. The molecule has 158 valence electrons. The molecule has 0 unspecified atom stereocenters. The van der Waals surface area contributed by atoms with Gasteiger partial charge in [0.25, 0.3) is 5.91 Å². The van der Waals surface area contributed by atoms with Crippen LogP contribution in [0.2, 0.25) is 0 Å². The molecule has 3 aromatic rings. The molecule has 3 aromatic carbocycles. The first-order valence-electron chi connectivity index (χ1n) is 10.0. The highest BCUT2D eigenvalue weighted by Crippen LogP contribution is 2.38. The number of nitrogens with zero attached hydrogens (tertiary/aromatic N) is 1. The monoisotopic (exact) mass is 419 g/mol. The van der Waals surface area contributed by atoms with Crippen LogP contribution in [0.4, 0.5) is 4.39 Å². The second-order valence-electron chi connectivity index (χ2n) is 7.32. The smallest absolute Gasteiger partial charge is 0.337 e. The van der Waals surface area contributed by atoms with Crippen molar-refractivity contribution >= 4 is 11.9 Å². The Kier molecular flexibility index (Phi) is 5.98. The van der Waals surface area contributed by atoms with Gasteiger partial charge in [0.15, 0.2) is 0 Å². The third-order valence-electron chi connectivity index (χ3n) is 5.38. The van der Waals surface area contributed by atoms with E-state index in [9.17, 15) is 14.0 Å². The molecule has 0 aliphatic carbocycles. The third-order valence-corrected chi connectivity index (χ3v) is 5.38. The van der Waals surface area contributed by atoms with E-state index in [1.165, 1.54) is 19.2 Å². The fourth-order valence-electron chi connectivity index (χ4n) is 3.72. The SMILES string of the molecule is COC(=O)c1ccc([C@@H]2[C@@H](Oc3ccccc3)C(=O)N2CCc2ccc(F)cc2)cc1. The van der Waals surface area contributed by atoms with E-state index in [1.807, 2.05) is 42.5 Å². The van der Waals surface area contributed by atoms with Crippen molar-refractivity contribution in [3.63, 3.8) is 0 Å². The predicted octanol–water partition coefficient (Wildman–Crippen LogP) is 4.19. The van der Waals surface area contributed by atoms with Crippen LogP contribution in [0.5, 0.6) is 5.75 Å². The van der Waals surface area contributed by atoms with E-state index in [1.54, 1.807) is 29.2 Å². The number of amides is 1. The number of para-hydroxylation sites is 1. The van der Waals surface area contributed by atoms with E-state index in [2.05, 4.69) is 0 Å². The van der Waals surface area contributed by atoms with Gasteiger partial charge in [-0.2, -0.15) is 0 Å². The van der Waals surface area contributed by atoms with Crippen LogP contribution in [0, 0.1) is 5.82 Å². The lowest BCUT2D eigenvalue weighted by molar-refractivity contribution is -0.164. The first kappa shape index (κ1) is 20.6. The maximum Gasteiger partial charge on any atom is 0.337 e. The number of hydrogen-bond acceptors (Lipinski definition) is 4. The number of hydrogen-bond donors (Lipinski definition) is 0. The van der Waals surface area contributed by atoms with Crippen LogP contribution in [0.25, 0.3) is 0 Å². The largest absolute Gasteiger partial charge is 0.478 e. The highest BCUT2D eigenvalue weighted by atomic mass is 19.1. The predicted molar refractivity (Wildman–Crippen MR) is 113 cm³/mol. The number of esters is 1. The van der Waals surface area contributed by atoms with Crippen molar-refractivity contribution in [3.8, 4) is 5.75 Å². The van der Waals surface area contributed by atoms with Gasteiger partial charge in [-0.1, -0.05) is 42.5 Å². The number of halogens is 1. The summed E-state index contributed by atoms with van der Waals surface area (Å²) in [6.07, 6.45) is -0.0551. The second kappa shape index (κ2) is 9.00. The number of β-lactam (4-membered cyclic amide) rings is 1. The van der Waals surface area contributed by atoms with Gasteiger partial charge in [-0.15, -0.1) is 0 Å². The van der Waals surface area contributed by atoms with Gasteiger partial charge >= 0.3 is 5.97 Å². The van der Waals surface area contributed by atoms with Gasteiger partial charge in [-0.25, -0.2) is 9.18 Å². The van der Waals surface area contributed by atoms with Crippen LogP contribution >= 0.6 is 0 Å². The lowest BCUT2D eigenvalue weighted by Crippen LogP contribution is -2.61. The number of likely N-dealkylation sites (tertiary alicyclic amines) is 1. The van der Waals surface area contributed by atoms with Crippen LogP contribution in [0.3, 0.4) is 0 Å². The van der Waals surface area contributed by atoms with Crippen molar-refractivity contribution in [1.82, 2.24) is 4.90 Å². The summed E-state index contributed by atoms with van der Waals surface area (Å²) < 4.78 is 23.9. The normalized spacial score (nSPS) is 17.7. The van der Waals surface area contributed by atoms with Crippen LogP contribution < -0.4 is 4.74 Å². The number of ether oxygens (including phenoxy) is 2. The van der Waals surface area contributed by atoms with Crippen molar-refractivity contribution in [1.29, 1.82) is 0 Å². The summed E-state index contributed by atoms with van der Waals surface area (Å²) in [5, 5.41) is 0. The number of rotatable bonds is 7. The lowest BCUT2D eigenvalue weighted by Gasteiger charge is -2.47. The maximum atomic E-state index is 13.2. The van der Waals surface area contributed by atoms with Crippen LogP contribution in [-0.4, -0.2) is 36.5 Å². The zero-order chi connectivity index (χ0) is 21.8. The molecular weight excluding hydrogens is 397 g/mol. The maximum absolute atomic E-state index is 13.2. The highest BCUT2D eigenvalue weighted by molar-refractivity contribution is 5.90. The molecule has 31 heavy (non-hydrogen) atoms. The number of methoxy groups -OCH3 is 1. The minimum Gasteiger partial charge on any atom is -0.478 e. The zero-order valence-electron chi connectivity index (χ0n) is 17.0. The molecule has 6 heteroatoms. The van der Waals surface area contributed by atoms with Crippen molar-refractivity contribution in [2.75, 3.05) is 13.7 Å². The summed E-state index contributed by atoms with van der Waals surface area (Å²) in [6.45, 7) is 0.475. The molecule has 1 amide bonds. The average Bonchev–Trinajstić information content (AvgIpc) is 2.81. The van der Waals surface area contributed by atoms with Crippen molar-refractivity contribution in [2.45, 2.75) is 18.6 Å². The number of carbonyl (C=O) groups excluding carboxylic acids is 2. The summed E-state index contributed by atoms with van der Waals surface area (Å²) in [6, 6.07) is 22.2. The molecule has 1 saturated heterocycles. The molecule has 0 saturated carbocycles. The van der Waals surface area contributed by atoms with Gasteiger partial charge in [-0.3, -0.25) is 4.79 Å². The van der Waals surface area contributed by atoms with Gasteiger partial charge < -0.3 is 14.4 Å². The van der Waals surface area contributed by atoms with Crippen molar-refractivity contribution < 1.29 is 23.5 Å². The topological polar surface area (TPSA) is 55.8 Å². The van der Waals surface area contributed by atoms with Gasteiger partial charge in [0, 0.05) is 6.54 Å². The summed E-state index contributed by atoms with van der Waals surface area (Å²) in [5.41, 5.74) is 2.25. The summed E-state index contributed by atoms with van der Waals surface area (Å²) in [5.74, 6) is -0.187.